The van der Waals surface area contributed by atoms with Crippen LogP contribution in [0.3, 0.4) is 0 Å². The summed E-state index contributed by atoms with van der Waals surface area (Å²) in [4.78, 5) is 66.3. The highest BCUT2D eigenvalue weighted by atomic mass is 32.2. The van der Waals surface area contributed by atoms with E-state index in [4.69, 9.17) is 0 Å². The number of halogens is 1. The Balaban J connectivity index is 1.45. The lowest BCUT2D eigenvalue weighted by Crippen LogP contribution is -2.56. The number of fused-ring (bicyclic) bond motifs is 2. The van der Waals surface area contributed by atoms with Gasteiger partial charge in [0.2, 0.25) is 5.43 Å². The minimum absolute atomic E-state index is 0.0330. The number of thioether (sulfide) groups is 1. The first-order chi connectivity index (χ1) is 18.4. The van der Waals surface area contributed by atoms with Crippen LogP contribution >= 0.6 is 23.1 Å². The van der Waals surface area contributed by atoms with E-state index in [0.717, 1.165) is 39.0 Å². The van der Waals surface area contributed by atoms with Gasteiger partial charge in [-0.05, 0) is 56.3 Å². The molecule has 10 nitrogen and oxygen atoms in total. The summed E-state index contributed by atoms with van der Waals surface area (Å²) in [5.41, 5.74) is -0.822. The first-order valence-electron chi connectivity index (χ1n) is 11.5. The number of anilines is 1. The summed E-state index contributed by atoms with van der Waals surface area (Å²) < 4.78 is 13.3. The van der Waals surface area contributed by atoms with Crippen molar-refractivity contribution in [2.75, 3.05) is 11.4 Å². The molecule has 2 aliphatic rings. The number of nitrogens with one attached hydrogen (secondary N) is 1. The van der Waals surface area contributed by atoms with Crippen LogP contribution in [0, 0.1) is 5.82 Å². The maximum absolute atomic E-state index is 13.7. The van der Waals surface area contributed by atoms with Gasteiger partial charge >= 0.3 is 5.97 Å². The Kier molecular flexibility index (Phi) is 6.43. The number of rotatable bonds is 6. The normalized spacial score (nSPS) is 17.6. The predicted molar refractivity (Wildman–Crippen MR) is 143 cm³/mol. The minimum Gasteiger partial charge on any atom is -0.508 e. The molecule has 2 aliphatic heterocycles. The number of carboxylic acid groups (broad SMARTS) is 1. The third-order valence-electron chi connectivity index (χ3n) is 6.31. The van der Waals surface area contributed by atoms with Crippen LogP contribution in [0.5, 0.6) is 5.75 Å². The molecule has 0 radical (unpaired) electrons. The minimum atomic E-state index is -1.19. The van der Waals surface area contributed by atoms with Crippen LogP contribution in [-0.2, 0) is 14.4 Å². The summed E-state index contributed by atoms with van der Waals surface area (Å²) >= 11 is 2.21. The van der Waals surface area contributed by atoms with Gasteiger partial charge in [0.05, 0.1) is 12.1 Å². The smallest absolute Gasteiger partial charge is 0.328 e. The maximum atomic E-state index is 13.7. The largest absolute Gasteiger partial charge is 0.508 e. The molecule has 39 heavy (non-hydrogen) atoms. The van der Waals surface area contributed by atoms with Gasteiger partial charge in [-0.2, -0.15) is 0 Å². The molecule has 13 heteroatoms. The molecule has 2 aromatic carbocycles. The average Bonchev–Trinajstić information content (AvgIpc) is 3.14. The Bertz CT molecular complexity index is 1670. The van der Waals surface area contributed by atoms with Crippen LogP contribution in [-0.4, -0.2) is 56.1 Å². The second kappa shape index (κ2) is 9.50. The number of aromatic hydroxyl groups is 1. The number of amides is 3. The molecule has 0 bridgehead atoms. The SMILES string of the molecule is CC1(C)SC2=C(N(C(=O)CNC(=O)c3csc4ccc(F)cc4c3=O)c3ccc(O)cc3)C(=O)N2C1C(=O)O. The van der Waals surface area contributed by atoms with Gasteiger partial charge in [0, 0.05) is 25.9 Å². The molecule has 1 fully saturated rings. The fourth-order valence-corrected chi connectivity index (χ4v) is 6.76. The topological polar surface area (TPSA) is 144 Å². The zero-order valence-electron chi connectivity index (χ0n) is 20.4. The van der Waals surface area contributed by atoms with E-state index in [9.17, 15) is 38.6 Å². The van der Waals surface area contributed by atoms with Gasteiger partial charge in [-0.3, -0.25) is 29.0 Å². The highest BCUT2D eigenvalue weighted by Gasteiger charge is 2.59. The van der Waals surface area contributed by atoms with Crippen LogP contribution in [0.2, 0.25) is 0 Å². The monoisotopic (exact) mass is 569 g/mol. The number of phenols is 1. The molecular formula is C26H20FN3O7S2. The summed E-state index contributed by atoms with van der Waals surface area (Å²) in [6.45, 7) is 2.73. The van der Waals surface area contributed by atoms with Crippen LogP contribution < -0.4 is 15.6 Å². The summed E-state index contributed by atoms with van der Waals surface area (Å²) in [5.74, 6) is -4.18. The molecule has 1 saturated heterocycles. The zero-order valence-corrected chi connectivity index (χ0v) is 22.1. The molecule has 0 spiro atoms. The van der Waals surface area contributed by atoms with E-state index in [2.05, 4.69) is 5.32 Å². The first kappa shape index (κ1) is 26.4. The number of nitrogens with zero attached hydrogens (tertiary/aromatic N) is 2. The van der Waals surface area contributed by atoms with Gasteiger partial charge < -0.3 is 15.5 Å². The summed E-state index contributed by atoms with van der Waals surface area (Å²) in [6, 6.07) is 7.95. The third kappa shape index (κ3) is 4.42. The summed E-state index contributed by atoms with van der Waals surface area (Å²) in [6.07, 6.45) is 0. The van der Waals surface area contributed by atoms with Crippen molar-refractivity contribution in [3.05, 3.63) is 80.2 Å². The fraction of sp³-hybridized carbons (Fsp3) is 0.192. The van der Waals surface area contributed by atoms with Gasteiger partial charge in [-0.25, -0.2) is 9.18 Å². The van der Waals surface area contributed by atoms with Crippen molar-refractivity contribution in [3.63, 3.8) is 0 Å². The van der Waals surface area contributed by atoms with Crippen molar-refractivity contribution in [2.24, 2.45) is 0 Å². The molecule has 3 amide bonds. The molecule has 0 aliphatic carbocycles. The van der Waals surface area contributed by atoms with Gasteiger partial charge in [0.1, 0.15) is 28.3 Å². The van der Waals surface area contributed by atoms with Gasteiger partial charge in [-0.15, -0.1) is 11.3 Å². The molecular weight excluding hydrogens is 549 g/mol. The van der Waals surface area contributed by atoms with Gasteiger partial charge in [0.25, 0.3) is 17.7 Å². The number of carboxylic acids is 1. The lowest BCUT2D eigenvalue weighted by atomic mass is 9.99. The second-order valence-electron chi connectivity index (χ2n) is 9.32. The van der Waals surface area contributed by atoms with Crippen LogP contribution in [0.15, 0.2) is 63.4 Å². The van der Waals surface area contributed by atoms with Gasteiger partial charge in [-0.1, -0.05) is 11.8 Å². The molecule has 5 rings (SSSR count). The Morgan fingerprint density at radius 1 is 1.13 bits per heavy atom. The molecule has 3 N–H and O–H groups in total. The molecule has 1 aromatic heterocycles. The van der Waals surface area contributed by atoms with Crippen LogP contribution in [0.4, 0.5) is 10.1 Å². The van der Waals surface area contributed by atoms with Crippen molar-refractivity contribution >= 4 is 62.6 Å². The standard InChI is InChI=1S/C26H20FN3O7S2/c1-26(2)21(25(36)37)30-23(35)19(24(30)39-26)29(13-4-6-14(31)7-5-13)18(32)10-28-22(34)16-11-38-17-8-3-12(27)9-15(17)20(16)33/h3-9,11,21,31H,10H2,1-2H3,(H,28,34)(H,36,37). The number of phenolic OH excluding ortho intramolecular Hbond substituents is 1. The number of aliphatic carboxylic acids is 1. The highest BCUT2D eigenvalue weighted by Crippen LogP contribution is 2.54. The number of benzene rings is 2. The van der Waals surface area contributed by atoms with Crippen molar-refractivity contribution in [3.8, 4) is 5.75 Å². The fourth-order valence-electron chi connectivity index (χ4n) is 4.50. The first-order valence-corrected chi connectivity index (χ1v) is 13.2. The second-order valence-corrected chi connectivity index (χ2v) is 11.9. The van der Waals surface area contributed by atoms with E-state index in [1.165, 1.54) is 41.8 Å². The van der Waals surface area contributed by atoms with Crippen LogP contribution in [0.25, 0.3) is 10.1 Å². The van der Waals surface area contributed by atoms with E-state index in [1.807, 2.05) is 0 Å². The van der Waals surface area contributed by atoms with Crippen LogP contribution in [0.1, 0.15) is 24.2 Å². The van der Waals surface area contributed by atoms with Crippen molar-refractivity contribution < 1.29 is 33.8 Å². The Hall–Kier alpha value is -4.23. The zero-order chi connectivity index (χ0) is 28.2. The lowest BCUT2D eigenvalue weighted by Gasteiger charge is -2.38. The predicted octanol–water partition coefficient (Wildman–Crippen LogP) is 2.86. The van der Waals surface area contributed by atoms with Crippen molar-refractivity contribution in [2.45, 2.75) is 24.6 Å². The molecule has 1 atom stereocenters. The molecule has 3 heterocycles. The van der Waals surface area contributed by atoms with E-state index in [0.29, 0.717) is 9.73 Å². The summed E-state index contributed by atoms with van der Waals surface area (Å²) in [5, 5.41) is 23.4. The van der Waals surface area contributed by atoms with Gasteiger partial charge in [0.15, 0.2) is 0 Å². The van der Waals surface area contributed by atoms with Crippen molar-refractivity contribution in [1.29, 1.82) is 0 Å². The van der Waals surface area contributed by atoms with E-state index in [1.54, 1.807) is 13.8 Å². The molecule has 200 valence electrons. The van der Waals surface area contributed by atoms with E-state index >= 15 is 0 Å². The quantitative estimate of drug-likeness (QED) is 0.411. The Morgan fingerprint density at radius 2 is 1.82 bits per heavy atom. The number of hydrogen-bond donors (Lipinski definition) is 3. The maximum Gasteiger partial charge on any atom is 0.328 e. The number of hydrogen-bond acceptors (Lipinski definition) is 8. The molecule has 1 unspecified atom stereocenters. The highest BCUT2D eigenvalue weighted by molar-refractivity contribution is 8.04. The van der Waals surface area contributed by atoms with Crippen molar-refractivity contribution in [1.82, 2.24) is 10.2 Å². The number of carbonyl (C=O) groups is 4. The van der Waals surface area contributed by atoms with E-state index in [-0.39, 0.29) is 28.1 Å². The lowest BCUT2D eigenvalue weighted by molar-refractivity contribution is -0.149. The Morgan fingerprint density at radius 3 is 2.49 bits per heavy atom. The molecule has 0 saturated carbocycles. The van der Waals surface area contributed by atoms with E-state index < -0.39 is 52.3 Å². The number of carbonyl (C=O) groups excluding carboxylic acids is 3. The molecule has 3 aromatic rings. The summed E-state index contributed by atoms with van der Waals surface area (Å²) in [7, 11) is 0. The third-order valence-corrected chi connectivity index (χ3v) is 8.61. The Labute approximate surface area is 228 Å². The average molecular weight is 570 g/mol.